The first-order valence-electron chi connectivity index (χ1n) is 6.59. The van der Waals surface area contributed by atoms with Gasteiger partial charge in [0.25, 0.3) is 0 Å². The smallest absolute Gasteiger partial charge is 0.408 e. The van der Waals surface area contributed by atoms with Gasteiger partial charge in [0.05, 0.1) is 22.3 Å². The average molecular weight is 368 g/mol. The molecule has 0 radical (unpaired) electrons. The summed E-state index contributed by atoms with van der Waals surface area (Å²) in [6.07, 6.45) is -5.72. The maximum Gasteiger partial charge on any atom is 0.408 e. The van der Waals surface area contributed by atoms with Gasteiger partial charge in [-0.25, -0.2) is 18.1 Å². The fraction of sp³-hybridized carbons (Fsp3) is 0.357. The van der Waals surface area contributed by atoms with E-state index in [1.807, 2.05) is 5.32 Å². The van der Waals surface area contributed by atoms with Gasteiger partial charge in [-0.05, 0) is 13.0 Å². The SMILES string of the molecule is C=C[C@H](NS(=O)C[C@](C)(NC(=O)O)c1ccccc1F)C(F)(F)F. The van der Waals surface area contributed by atoms with Crippen molar-refractivity contribution < 1.29 is 31.7 Å². The van der Waals surface area contributed by atoms with Gasteiger partial charge in [-0.1, -0.05) is 24.3 Å². The Morgan fingerprint density at radius 1 is 1.42 bits per heavy atom. The van der Waals surface area contributed by atoms with Crippen LogP contribution in [0.5, 0.6) is 0 Å². The van der Waals surface area contributed by atoms with Crippen LogP contribution in [0.2, 0.25) is 0 Å². The van der Waals surface area contributed by atoms with E-state index in [1.165, 1.54) is 25.1 Å². The van der Waals surface area contributed by atoms with Gasteiger partial charge in [-0.3, -0.25) is 0 Å². The van der Waals surface area contributed by atoms with Gasteiger partial charge >= 0.3 is 12.3 Å². The van der Waals surface area contributed by atoms with Crippen LogP contribution in [0.15, 0.2) is 36.9 Å². The molecule has 0 spiro atoms. The number of amides is 1. The molecule has 0 aliphatic rings. The first-order valence-corrected chi connectivity index (χ1v) is 7.91. The molecule has 1 unspecified atom stereocenters. The average Bonchev–Trinajstić information content (AvgIpc) is 2.42. The molecule has 0 aliphatic carbocycles. The summed E-state index contributed by atoms with van der Waals surface area (Å²) in [7, 11) is -2.32. The molecular formula is C14H16F4N2O3S. The molecule has 5 nitrogen and oxygen atoms in total. The molecule has 0 aromatic heterocycles. The molecule has 1 rings (SSSR count). The Hall–Kier alpha value is -1.94. The van der Waals surface area contributed by atoms with Gasteiger partial charge in [-0.15, -0.1) is 6.58 Å². The summed E-state index contributed by atoms with van der Waals surface area (Å²) in [4.78, 5) is 11.0. The van der Waals surface area contributed by atoms with Gasteiger partial charge in [-0.2, -0.15) is 13.2 Å². The van der Waals surface area contributed by atoms with Crippen molar-refractivity contribution >= 4 is 17.1 Å². The molecule has 0 bridgehead atoms. The van der Waals surface area contributed by atoms with Gasteiger partial charge in [0.2, 0.25) is 0 Å². The van der Waals surface area contributed by atoms with Crippen molar-refractivity contribution in [3.05, 3.63) is 48.3 Å². The van der Waals surface area contributed by atoms with Crippen molar-refractivity contribution in [2.24, 2.45) is 0 Å². The topological polar surface area (TPSA) is 78.4 Å². The first-order chi connectivity index (χ1) is 11.0. The summed E-state index contributed by atoms with van der Waals surface area (Å²) >= 11 is 0. The van der Waals surface area contributed by atoms with Crippen LogP contribution in [0.3, 0.4) is 0 Å². The van der Waals surface area contributed by atoms with Crippen molar-refractivity contribution in [1.82, 2.24) is 10.0 Å². The molecule has 1 amide bonds. The Kier molecular flexibility index (Phi) is 6.50. The summed E-state index contributed by atoms with van der Waals surface area (Å²) in [5, 5.41) is 10.9. The normalized spacial score (nSPS) is 16.7. The van der Waals surface area contributed by atoms with Crippen LogP contribution in [-0.2, 0) is 16.5 Å². The fourth-order valence-corrected chi connectivity index (χ4v) is 3.37. The van der Waals surface area contributed by atoms with E-state index >= 15 is 0 Å². The molecule has 0 heterocycles. The summed E-state index contributed by atoms with van der Waals surface area (Å²) in [5.74, 6) is -1.40. The highest BCUT2D eigenvalue weighted by molar-refractivity contribution is 7.83. The number of alkyl halides is 3. The number of halogens is 4. The van der Waals surface area contributed by atoms with Crippen molar-refractivity contribution in [2.45, 2.75) is 24.7 Å². The van der Waals surface area contributed by atoms with Crippen molar-refractivity contribution in [1.29, 1.82) is 0 Å². The summed E-state index contributed by atoms with van der Waals surface area (Å²) in [5.41, 5.74) is -1.84. The van der Waals surface area contributed by atoms with E-state index in [4.69, 9.17) is 5.11 Å². The fourth-order valence-electron chi connectivity index (χ4n) is 2.02. The zero-order chi connectivity index (χ0) is 18.5. The number of carboxylic acid groups (broad SMARTS) is 1. The number of nitrogens with one attached hydrogen (secondary N) is 2. The van der Waals surface area contributed by atoms with Crippen LogP contribution in [0.1, 0.15) is 12.5 Å². The van der Waals surface area contributed by atoms with Crippen LogP contribution >= 0.6 is 0 Å². The number of benzene rings is 1. The molecule has 0 saturated heterocycles. The molecule has 0 fully saturated rings. The van der Waals surface area contributed by atoms with Crippen LogP contribution in [0, 0.1) is 5.82 Å². The number of carbonyl (C=O) groups is 1. The lowest BCUT2D eigenvalue weighted by molar-refractivity contribution is -0.140. The maximum atomic E-state index is 14.0. The standard InChI is InChI=1S/C14H16F4N2O3S/c1-3-11(14(16,17)18)20-24(23)8-13(2,19-12(21)22)9-6-4-5-7-10(9)15/h3-7,11,19-20H,1,8H2,2H3,(H,21,22)/t11-,13-,24?/m0/s1. The van der Waals surface area contributed by atoms with Gasteiger partial charge in [0.15, 0.2) is 0 Å². The summed E-state index contributed by atoms with van der Waals surface area (Å²) in [6, 6.07) is 2.88. The van der Waals surface area contributed by atoms with Gasteiger partial charge in [0, 0.05) is 5.56 Å². The van der Waals surface area contributed by atoms with Crippen LogP contribution in [-0.4, -0.2) is 33.4 Å². The van der Waals surface area contributed by atoms with Crippen LogP contribution in [0.4, 0.5) is 22.4 Å². The number of hydrogen-bond acceptors (Lipinski definition) is 2. The molecule has 24 heavy (non-hydrogen) atoms. The summed E-state index contributed by atoms with van der Waals surface area (Å²) in [6.45, 7) is 4.24. The Morgan fingerprint density at radius 3 is 2.46 bits per heavy atom. The second kappa shape index (κ2) is 7.75. The molecule has 134 valence electrons. The van der Waals surface area contributed by atoms with Gasteiger partial charge in [0.1, 0.15) is 11.9 Å². The molecule has 3 N–H and O–H groups in total. The van der Waals surface area contributed by atoms with E-state index in [2.05, 4.69) is 6.58 Å². The van der Waals surface area contributed by atoms with Gasteiger partial charge < -0.3 is 10.4 Å². The minimum atomic E-state index is -4.72. The molecule has 10 heteroatoms. The highest BCUT2D eigenvalue weighted by Gasteiger charge is 2.40. The van der Waals surface area contributed by atoms with Crippen molar-refractivity contribution in [3.8, 4) is 0 Å². The third-order valence-electron chi connectivity index (χ3n) is 3.12. The Bertz CT molecular complexity index is 639. The predicted molar refractivity (Wildman–Crippen MR) is 81.1 cm³/mol. The Labute approximate surface area is 138 Å². The van der Waals surface area contributed by atoms with Crippen LogP contribution in [0.25, 0.3) is 0 Å². The Balaban J connectivity index is 3.06. The van der Waals surface area contributed by atoms with E-state index in [9.17, 15) is 26.6 Å². The molecular weight excluding hydrogens is 352 g/mol. The quantitative estimate of drug-likeness (QED) is 0.511. The lowest BCUT2D eigenvalue weighted by atomic mass is 9.94. The first kappa shape index (κ1) is 20.1. The lowest BCUT2D eigenvalue weighted by Crippen LogP contribution is -2.51. The minimum absolute atomic E-state index is 0.135. The third-order valence-corrected chi connectivity index (χ3v) is 4.47. The summed E-state index contributed by atoms with van der Waals surface area (Å²) < 4.78 is 65.8. The molecule has 0 aliphatic heterocycles. The highest BCUT2D eigenvalue weighted by Crippen LogP contribution is 2.26. The molecule has 1 aromatic rings. The van der Waals surface area contributed by atoms with E-state index < -0.39 is 46.4 Å². The third kappa shape index (κ3) is 5.31. The second-order valence-electron chi connectivity index (χ2n) is 5.10. The Morgan fingerprint density at radius 2 is 2.00 bits per heavy atom. The minimum Gasteiger partial charge on any atom is -0.465 e. The highest BCUT2D eigenvalue weighted by atomic mass is 32.2. The van der Waals surface area contributed by atoms with E-state index in [-0.39, 0.29) is 5.56 Å². The number of hydrogen-bond donors (Lipinski definition) is 3. The van der Waals surface area contributed by atoms with Crippen molar-refractivity contribution in [2.75, 3.05) is 5.75 Å². The maximum absolute atomic E-state index is 14.0. The zero-order valence-corrected chi connectivity index (χ0v) is 13.4. The number of rotatable bonds is 7. The molecule has 3 atom stereocenters. The van der Waals surface area contributed by atoms with E-state index in [1.54, 1.807) is 4.72 Å². The van der Waals surface area contributed by atoms with E-state index in [0.29, 0.717) is 6.08 Å². The van der Waals surface area contributed by atoms with Crippen LogP contribution < -0.4 is 10.0 Å². The predicted octanol–water partition coefficient (Wildman–Crippen LogP) is 2.68. The van der Waals surface area contributed by atoms with Crippen molar-refractivity contribution in [3.63, 3.8) is 0 Å². The zero-order valence-electron chi connectivity index (χ0n) is 12.6. The lowest BCUT2D eigenvalue weighted by Gasteiger charge is -2.30. The monoisotopic (exact) mass is 368 g/mol. The molecule has 0 saturated carbocycles. The van der Waals surface area contributed by atoms with E-state index in [0.717, 1.165) is 6.07 Å². The second-order valence-corrected chi connectivity index (χ2v) is 6.32. The largest absolute Gasteiger partial charge is 0.465 e. The molecule has 1 aromatic carbocycles.